The molecule has 1 aromatic carbocycles. The molecule has 3 nitrogen and oxygen atoms in total. The van der Waals surface area contributed by atoms with Gasteiger partial charge in [0.1, 0.15) is 5.75 Å². The Morgan fingerprint density at radius 3 is 3.00 bits per heavy atom. The van der Waals surface area contributed by atoms with Crippen LogP contribution in [0.3, 0.4) is 0 Å². The highest BCUT2D eigenvalue weighted by molar-refractivity contribution is 5.70. The number of hydrogen-bond donors (Lipinski definition) is 1. The van der Waals surface area contributed by atoms with Crippen LogP contribution in [0.15, 0.2) is 29.3 Å². The molecular weight excluding hydrogens is 164 g/mol. The van der Waals surface area contributed by atoms with Gasteiger partial charge in [-0.25, -0.2) is 0 Å². The van der Waals surface area contributed by atoms with Crippen molar-refractivity contribution in [2.24, 2.45) is 4.99 Å². The van der Waals surface area contributed by atoms with Crippen LogP contribution in [-0.4, -0.2) is 20.0 Å². The van der Waals surface area contributed by atoms with Gasteiger partial charge in [-0.05, 0) is 6.07 Å². The minimum atomic E-state index is 0.205. The lowest BCUT2D eigenvalue weighted by molar-refractivity contribution is 0.407. The second kappa shape index (κ2) is 3.58. The number of nitrogens with one attached hydrogen (secondary N) is 1. The van der Waals surface area contributed by atoms with E-state index in [1.165, 1.54) is 0 Å². The molecule has 1 aliphatic heterocycles. The molecule has 0 radical (unpaired) electrons. The second-order valence-corrected chi connectivity index (χ2v) is 2.91. The summed E-state index contributed by atoms with van der Waals surface area (Å²) >= 11 is 0. The molecule has 3 heteroatoms. The van der Waals surface area contributed by atoms with Crippen LogP contribution in [0.1, 0.15) is 11.6 Å². The summed E-state index contributed by atoms with van der Waals surface area (Å²) in [6.07, 6.45) is 1.91. The van der Waals surface area contributed by atoms with Gasteiger partial charge >= 0.3 is 0 Å². The first-order valence-electron chi connectivity index (χ1n) is 4.28. The zero-order valence-corrected chi connectivity index (χ0v) is 7.53. The lowest BCUT2D eigenvalue weighted by atomic mass is 10.1. The molecular formula is C10H12N2O. The van der Waals surface area contributed by atoms with Crippen LogP contribution in [0.4, 0.5) is 0 Å². The van der Waals surface area contributed by atoms with Gasteiger partial charge in [0.05, 0.1) is 19.8 Å². The average molecular weight is 176 g/mol. The first-order valence-corrected chi connectivity index (χ1v) is 4.28. The van der Waals surface area contributed by atoms with Gasteiger partial charge in [-0.3, -0.25) is 10.3 Å². The van der Waals surface area contributed by atoms with Crippen LogP contribution in [0.2, 0.25) is 0 Å². The van der Waals surface area contributed by atoms with Crippen LogP contribution >= 0.6 is 0 Å². The number of ether oxygens (including phenoxy) is 1. The van der Waals surface area contributed by atoms with Crippen molar-refractivity contribution < 1.29 is 4.74 Å². The Hall–Kier alpha value is -1.35. The molecule has 0 saturated heterocycles. The Morgan fingerprint density at radius 1 is 1.46 bits per heavy atom. The van der Waals surface area contributed by atoms with Crippen LogP contribution in [-0.2, 0) is 0 Å². The summed E-state index contributed by atoms with van der Waals surface area (Å²) in [4.78, 5) is 4.12. The fourth-order valence-corrected chi connectivity index (χ4v) is 1.48. The zero-order chi connectivity index (χ0) is 9.10. The molecule has 1 N–H and O–H groups in total. The Morgan fingerprint density at radius 2 is 2.31 bits per heavy atom. The van der Waals surface area contributed by atoms with E-state index >= 15 is 0 Å². The number of methoxy groups -OCH3 is 1. The third kappa shape index (κ3) is 1.55. The lowest BCUT2D eigenvalue weighted by Crippen LogP contribution is -2.16. The molecule has 1 unspecified atom stereocenters. The number of aliphatic imine (C=N–C) groups is 1. The molecule has 68 valence electrons. The van der Waals surface area contributed by atoms with Crippen LogP contribution in [0.25, 0.3) is 0 Å². The molecule has 0 aromatic heterocycles. The third-order valence-corrected chi connectivity index (χ3v) is 2.13. The maximum absolute atomic E-state index is 5.26. The topological polar surface area (TPSA) is 33.6 Å². The fourth-order valence-electron chi connectivity index (χ4n) is 1.48. The maximum atomic E-state index is 5.26. The van der Waals surface area contributed by atoms with Gasteiger partial charge in [-0.1, -0.05) is 18.2 Å². The van der Waals surface area contributed by atoms with Gasteiger partial charge in [0.2, 0.25) is 0 Å². The summed E-state index contributed by atoms with van der Waals surface area (Å²) in [5.74, 6) is 0.911. The van der Waals surface area contributed by atoms with E-state index in [2.05, 4.69) is 10.3 Å². The van der Waals surface area contributed by atoms with E-state index < -0.39 is 0 Å². The Kier molecular flexibility index (Phi) is 2.27. The molecule has 0 aliphatic carbocycles. The third-order valence-electron chi connectivity index (χ3n) is 2.13. The largest absolute Gasteiger partial charge is 0.496 e. The highest BCUT2D eigenvalue weighted by Gasteiger charge is 2.15. The van der Waals surface area contributed by atoms with Gasteiger partial charge < -0.3 is 4.74 Å². The quantitative estimate of drug-likeness (QED) is 0.738. The van der Waals surface area contributed by atoms with E-state index in [0.717, 1.165) is 11.3 Å². The van der Waals surface area contributed by atoms with Crippen molar-refractivity contribution in [1.82, 2.24) is 5.32 Å². The predicted octanol–water partition coefficient (Wildman–Crippen LogP) is 1.37. The molecule has 0 fully saturated rings. The van der Waals surface area contributed by atoms with E-state index in [0.29, 0.717) is 6.67 Å². The summed E-state index contributed by atoms with van der Waals surface area (Å²) in [5, 5.41) is 3.25. The molecule has 1 atom stereocenters. The summed E-state index contributed by atoms with van der Waals surface area (Å²) in [6, 6.07) is 8.19. The first kappa shape index (κ1) is 8.26. The minimum absolute atomic E-state index is 0.205. The monoisotopic (exact) mass is 176 g/mol. The van der Waals surface area contributed by atoms with Crippen LogP contribution in [0, 0.1) is 0 Å². The minimum Gasteiger partial charge on any atom is -0.496 e. The molecule has 0 amide bonds. The van der Waals surface area contributed by atoms with Gasteiger partial charge in [-0.2, -0.15) is 0 Å². The van der Waals surface area contributed by atoms with Gasteiger partial charge in [0.25, 0.3) is 0 Å². The van der Waals surface area contributed by atoms with Crippen molar-refractivity contribution >= 4 is 6.21 Å². The van der Waals surface area contributed by atoms with Gasteiger partial charge in [0.15, 0.2) is 0 Å². The molecule has 0 spiro atoms. The van der Waals surface area contributed by atoms with E-state index in [4.69, 9.17) is 4.74 Å². The summed E-state index contributed by atoms with van der Waals surface area (Å²) < 4.78 is 5.26. The van der Waals surface area contributed by atoms with Crippen LogP contribution < -0.4 is 10.1 Å². The van der Waals surface area contributed by atoms with E-state index in [-0.39, 0.29) is 6.04 Å². The van der Waals surface area contributed by atoms with Crippen molar-refractivity contribution in [3.63, 3.8) is 0 Å². The second-order valence-electron chi connectivity index (χ2n) is 2.91. The molecule has 0 bridgehead atoms. The first-order chi connectivity index (χ1) is 6.42. The molecule has 1 heterocycles. The SMILES string of the molecule is COc1ccccc1C1C=NCN1. The Labute approximate surface area is 77.4 Å². The summed E-state index contributed by atoms with van der Waals surface area (Å²) in [7, 11) is 1.69. The normalized spacial score (nSPS) is 20.5. The Balaban J connectivity index is 2.32. The predicted molar refractivity (Wildman–Crippen MR) is 52.2 cm³/mol. The van der Waals surface area contributed by atoms with E-state index in [9.17, 15) is 0 Å². The number of benzene rings is 1. The molecule has 13 heavy (non-hydrogen) atoms. The number of rotatable bonds is 2. The highest BCUT2D eigenvalue weighted by atomic mass is 16.5. The maximum Gasteiger partial charge on any atom is 0.124 e. The van der Waals surface area contributed by atoms with Gasteiger partial charge in [-0.15, -0.1) is 0 Å². The average Bonchev–Trinajstić information content (AvgIpc) is 2.70. The number of nitrogens with zero attached hydrogens (tertiary/aromatic N) is 1. The van der Waals surface area contributed by atoms with Crippen molar-refractivity contribution in [2.45, 2.75) is 6.04 Å². The lowest BCUT2D eigenvalue weighted by Gasteiger charge is -2.12. The summed E-state index contributed by atoms with van der Waals surface area (Å²) in [5.41, 5.74) is 1.14. The fraction of sp³-hybridized carbons (Fsp3) is 0.300. The standard InChI is InChI=1S/C10H12N2O/c1-13-10-5-3-2-4-8(10)9-6-11-7-12-9/h2-6,9,12H,7H2,1H3. The molecule has 2 rings (SSSR count). The van der Waals surface area contributed by atoms with Crippen molar-refractivity contribution in [3.8, 4) is 5.75 Å². The van der Waals surface area contributed by atoms with Gasteiger partial charge in [0, 0.05) is 11.8 Å². The smallest absolute Gasteiger partial charge is 0.124 e. The molecule has 1 aromatic rings. The number of para-hydroxylation sites is 1. The summed E-state index contributed by atoms with van der Waals surface area (Å²) in [6.45, 7) is 0.697. The van der Waals surface area contributed by atoms with E-state index in [1.54, 1.807) is 7.11 Å². The van der Waals surface area contributed by atoms with Crippen molar-refractivity contribution in [1.29, 1.82) is 0 Å². The number of hydrogen-bond acceptors (Lipinski definition) is 3. The molecule has 1 aliphatic rings. The van der Waals surface area contributed by atoms with E-state index in [1.807, 2.05) is 30.5 Å². The van der Waals surface area contributed by atoms with Crippen LogP contribution in [0.5, 0.6) is 5.75 Å². The van der Waals surface area contributed by atoms with Crippen molar-refractivity contribution in [3.05, 3.63) is 29.8 Å². The Bertz CT molecular complexity index is 322. The molecule has 0 saturated carbocycles. The zero-order valence-electron chi connectivity index (χ0n) is 7.53. The highest BCUT2D eigenvalue weighted by Crippen LogP contribution is 2.24. The van der Waals surface area contributed by atoms with Crippen molar-refractivity contribution in [2.75, 3.05) is 13.8 Å².